The average Bonchev–Trinajstić information content (AvgIpc) is 2.71. The van der Waals surface area contributed by atoms with Crippen molar-refractivity contribution >= 4 is 39.3 Å². The first-order valence-corrected chi connectivity index (χ1v) is 10.3. The van der Waals surface area contributed by atoms with E-state index in [1.165, 1.54) is 4.90 Å². The number of methoxy groups -OCH3 is 1. The molecule has 0 heterocycles. The summed E-state index contributed by atoms with van der Waals surface area (Å²) >= 11 is 9.30. The fourth-order valence-corrected chi connectivity index (χ4v) is 3.48. The monoisotopic (exact) mass is 482 g/mol. The van der Waals surface area contributed by atoms with Crippen LogP contribution in [0.3, 0.4) is 0 Å². The minimum Gasteiger partial charge on any atom is -0.497 e. The lowest BCUT2D eigenvalue weighted by Crippen LogP contribution is -2.49. The minimum absolute atomic E-state index is 0.214. The molecule has 2 amide bonds. The summed E-state index contributed by atoms with van der Waals surface area (Å²) in [5.41, 5.74) is 0.849. The zero-order valence-electron chi connectivity index (χ0n) is 16.6. The summed E-state index contributed by atoms with van der Waals surface area (Å²) < 4.78 is 11.5. The molecule has 1 unspecified atom stereocenters. The van der Waals surface area contributed by atoms with Crippen LogP contribution in [0.4, 0.5) is 0 Å². The Hall–Kier alpha value is -2.25. The highest BCUT2D eigenvalue weighted by molar-refractivity contribution is 9.10. The second-order valence-electron chi connectivity index (χ2n) is 6.31. The van der Waals surface area contributed by atoms with Crippen LogP contribution in [0.15, 0.2) is 46.9 Å². The van der Waals surface area contributed by atoms with Crippen molar-refractivity contribution in [2.45, 2.75) is 26.4 Å². The Morgan fingerprint density at radius 2 is 2.00 bits per heavy atom. The van der Waals surface area contributed by atoms with Crippen molar-refractivity contribution in [3.8, 4) is 11.5 Å². The molecule has 2 aromatic rings. The van der Waals surface area contributed by atoms with Gasteiger partial charge in [-0.05, 0) is 65.7 Å². The van der Waals surface area contributed by atoms with Gasteiger partial charge >= 0.3 is 0 Å². The first kappa shape index (κ1) is 23.0. The summed E-state index contributed by atoms with van der Waals surface area (Å²) in [6.07, 6.45) is 0. The molecule has 0 aromatic heterocycles. The number of halogens is 2. The van der Waals surface area contributed by atoms with E-state index in [4.69, 9.17) is 21.1 Å². The van der Waals surface area contributed by atoms with E-state index in [0.717, 1.165) is 5.56 Å². The van der Waals surface area contributed by atoms with Gasteiger partial charge in [-0.25, -0.2) is 0 Å². The predicted octanol–water partition coefficient (Wildman–Crippen LogP) is 4.04. The molecule has 29 heavy (non-hydrogen) atoms. The summed E-state index contributed by atoms with van der Waals surface area (Å²) in [6.45, 7) is 4.05. The minimum atomic E-state index is -0.661. The molecule has 0 saturated carbocycles. The molecule has 8 heteroatoms. The molecule has 0 bridgehead atoms. The maximum absolute atomic E-state index is 13.0. The van der Waals surface area contributed by atoms with E-state index < -0.39 is 6.04 Å². The van der Waals surface area contributed by atoms with Crippen molar-refractivity contribution in [2.75, 3.05) is 20.3 Å². The summed E-state index contributed by atoms with van der Waals surface area (Å²) in [6, 6.07) is 11.8. The lowest BCUT2D eigenvalue weighted by molar-refractivity contribution is -0.142. The predicted molar refractivity (Wildman–Crippen MR) is 116 cm³/mol. The standard InChI is InChI=1S/C21H24BrClN2O4/c1-4-24-21(27)14(2)25(12-15-6-5-7-17(10-15)28-3)20(26)13-29-19-9-8-16(23)11-18(19)22/h5-11,14H,4,12-13H2,1-3H3,(H,24,27). The van der Waals surface area contributed by atoms with Crippen LogP contribution in [0.25, 0.3) is 0 Å². The van der Waals surface area contributed by atoms with Gasteiger partial charge in [0.15, 0.2) is 6.61 Å². The average molecular weight is 484 g/mol. The molecule has 0 aliphatic heterocycles. The highest BCUT2D eigenvalue weighted by atomic mass is 79.9. The van der Waals surface area contributed by atoms with Crippen LogP contribution in [-0.2, 0) is 16.1 Å². The number of rotatable bonds is 9. The Bertz CT molecular complexity index is 862. The van der Waals surface area contributed by atoms with E-state index in [1.54, 1.807) is 32.2 Å². The molecule has 1 N–H and O–H groups in total. The van der Waals surface area contributed by atoms with Gasteiger partial charge in [-0.1, -0.05) is 23.7 Å². The summed E-state index contributed by atoms with van der Waals surface area (Å²) in [5.74, 6) is 0.640. The molecule has 0 saturated heterocycles. The molecular weight excluding hydrogens is 460 g/mol. The normalized spacial score (nSPS) is 11.5. The number of likely N-dealkylation sites (N-methyl/N-ethyl adjacent to an activating group) is 1. The van der Waals surface area contributed by atoms with Crippen LogP contribution in [0.5, 0.6) is 11.5 Å². The largest absolute Gasteiger partial charge is 0.497 e. The first-order chi connectivity index (χ1) is 13.8. The van der Waals surface area contributed by atoms with Crippen molar-refractivity contribution in [1.29, 1.82) is 0 Å². The quantitative estimate of drug-likeness (QED) is 0.584. The summed E-state index contributed by atoms with van der Waals surface area (Å²) in [4.78, 5) is 26.8. The molecule has 0 fully saturated rings. The van der Waals surface area contributed by atoms with E-state index in [-0.39, 0.29) is 25.0 Å². The van der Waals surface area contributed by atoms with E-state index in [9.17, 15) is 9.59 Å². The van der Waals surface area contributed by atoms with E-state index >= 15 is 0 Å². The maximum Gasteiger partial charge on any atom is 0.261 e. The van der Waals surface area contributed by atoms with Gasteiger partial charge in [-0.15, -0.1) is 0 Å². The summed E-state index contributed by atoms with van der Waals surface area (Å²) in [7, 11) is 1.58. The number of nitrogens with one attached hydrogen (secondary N) is 1. The molecule has 0 spiro atoms. The number of amides is 2. The molecule has 0 aliphatic rings. The Kier molecular flexibility index (Phi) is 8.79. The van der Waals surface area contributed by atoms with Gasteiger partial charge in [0.1, 0.15) is 17.5 Å². The van der Waals surface area contributed by atoms with Gasteiger partial charge in [0.25, 0.3) is 5.91 Å². The van der Waals surface area contributed by atoms with E-state index in [0.29, 0.717) is 27.5 Å². The van der Waals surface area contributed by atoms with Crippen LogP contribution in [0, 0.1) is 0 Å². The third kappa shape index (κ3) is 6.65. The Morgan fingerprint density at radius 3 is 2.66 bits per heavy atom. The second-order valence-corrected chi connectivity index (χ2v) is 7.60. The Morgan fingerprint density at radius 1 is 1.24 bits per heavy atom. The highest BCUT2D eigenvalue weighted by Gasteiger charge is 2.26. The van der Waals surface area contributed by atoms with Crippen LogP contribution in [0.2, 0.25) is 5.02 Å². The highest BCUT2D eigenvalue weighted by Crippen LogP contribution is 2.28. The Labute approximate surface area is 184 Å². The number of benzene rings is 2. The van der Waals surface area contributed by atoms with Crippen LogP contribution in [-0.4, -0.2) is 43.0 Å². The number of hydrogen-bond donors (Lipinski definition) is 1. The van der Waals surface area contributed by atoms with Crippen molar-refractivity contribution < 1.29 is 19.1 Å². The summed E-state index contributed by atoms with van der Waals surface area (Å²) in [5, 5.41) is 3.31. The van der Waals surface area contributed by atoms with Gasteiger partial charge in [0.05, 0.1) is 11.6 Å². The molecule has 0 radical (unpaired) electrons. The maximum atomic E-state index is 13.0. The fourth-order valence-electron chi connectivity index (χ4n) is 2.69. The molecule has 6 nitrogen and oxygen atoms in total. The number of ether oxygens (including phenoxy) is 2. The van der Waals surface area contributed by atoms with Crippen molar-refractivity contribution in [1.82, 2.24) is 10.2 Å². The van der Waals surface area contributed by atoms with Crippen molar-refractivity contribution in [2.24, 2.45) is 0 Å². The van der Waals surface area contributed by atoms with Gasteiger partial charge in [-0.2, -0.15) is 0 Å². The first-order valence-electron chi connectivity index (χ1n) is 9.13. The Balaban J connectivity index is 2.18. The molecule has 156 valence electrons. The molecule has 2 aromatic carbocycles. The second kappa shape index (κ2) is 11.1. The molecule has 0 aliphatic carbocycles. The zero-order valence-corrected chi connectivity index (χ0v) is 18.9. The third-order valence-corrected chi connectivity index (χ3v) is 5.11. The zero-order chi connectivity index (χ0) is 21.4. The van der Waals surface area contributed by atoms with Gasteiger partial charge in [-0.3, -0.25) is 9.59 Å². The van der Waals surface area contributed by atoms with Gasteiger partial charge in [0.2, 0.25) is 5.91 Å². The molecule has 1 atom stereocenters. The van der Waals surface area contributed by atoms with Crippen LogP contribution in [0.1, 0.15) is 19.4 Å². The lowest BCUT2D eigenvalue weighted by atomic mass is 10.1. The lowest BCUT2D eigenvalue weighted by Gasteiger charge is -2.28. The third-order valence-electron chi connectivity index (χ3n) is 4.25. The number of carbonyl (C=O) groups is 2. The number of nitrogens with zero attached hydrogens (tertiary/aromatic N) is 1. The van der Waals surface area contributed by atoms with Crippen molar-refractivity contribution in [3.63, 3.8) is 0 Å². The van der Waals surface area contributed by atoms with E-state index in [1.807, 2.05) is 31.2 Å². The van der Waals surface area contributed by atoms with Gasteiger partial charge < -0.3 is 19.7 Å². The number of carbonyl (C=O) groups excluding carboxylic acids is 2. The number of hydrogen-bond acceptors (Lipinski definition) is 4. The molecule has 2 rings (SSSR count). The SMILES string of the molecule is CCNC(=O)C(C)N(Cc1cccc(OC)c1)C(=O)COc1ccc(Cl)cc1Br. The van der Waals surface area contributed by atoms with Crippen LogP contribution < -0.4 is 14.8 Å². The fraction of sp³-hybridized carbons (Fsp3) is 0.333. The van der Waals surface area contributed by atoms with Crippen LogP contribution >= 0.6 is 27.5 Å². The van der Waals surface area contributed by atoms with Crippen molar-refractivity contribution in [3.05, 3.63) is 57.5 Å². The topological polar surface area (TPSA) is 67.9 Å². The van der Waals surface area contributed by atoms with Gasteiger partial charge in [0, 0.05) is 18.1 Å². The smallest absolute Gasteiger partial charge is 0.261 e. The van der Waals surface area contributed by atoms with E-state index in [2.05, 4.69) is 21.2 Å². The molecular formula is C21H24BrClN2O4.